The summed E-state index contributed by atoms with van der Waals surface area (Å²) in [4.78, 5) is 16.7. The molecule has 6 rings (SSSR count). The monoisotopic (exact) mass is 434 g/mol. The summed E-state index contributed by atoms with van der Waals surface area (Å²) in [6.45, 7) is 0. The second-order valence-electron chi connectivity index (χ2n) is 9.11. The lowest BCUT2D eigenvalue weighted by atomic mass is 9.79. The van der Waals surface area contributed by atoms with Crippen LogP contribution in [-0.4, -0.2) is 44.4 Å². The Morgan fingerprint density at radius 3 is 2.52 bits per heavy atom. The predicted octanol–water partition coefficient (Wildman–Crippen LogP) is 5.00. The Morgan fingerprint density at radius 2 is 1.73 bits per heavy atom. The first-order valence-corrected chi connectivity index (χ1v) is 11.3. The molecule has 6 nitrogen and oxygen atoms in total. The highest BCUT2D eigenvalue weighted by Gasteiger charge is 2.35. The zero-order chi connectivity index (χ0) is 22.5. The van der Waals surface area contributed by atoms with Crippen LogP contribution in [0.2, 0.25) is 0 Å². The minimum absolute atomic E-state index is 0.420. The third-order valence-corrected chi connectivity index (χ3v) is 6.85. The Labute approximate surface area is 192 Å². The van der Waals surface area contributed by atoms with Crippen LogP contribution in [0.5, 0.6) is 0 Å². The molecule has 1 aliphatic carbocycles. The molecule has 164 valence electrons. The van der Waals surface area contributed by atoms with E-state index in [0.717, 1.165) is 57.6 Å². The van der Waals surface area contributed by atoms with Gasteiger partial charge in [0.1, 0.15) is 22.9 Å². The molecule has 0 atom stereocenters. The van der Waals surface area contributed by atoms with Crippen molar-refractivity contribution in [3.05, 3.63) is 78.9 Å². The fraction of sp³-hybridized carbons (Fsp3) is 0.222. The Morgan fingerprint density at radius 1 is 0.939 bits per heavy atom. The molecule has 0 radical (unpaired) electrons. The second kappa shape index (κ2) is 7.67. The summed E-state index contributed by atoms with van der Waals surface area (Å²) in [5.41, 5.74) is 12.1. The third kappa shape index (κ3) is 3.34. The Bertz CT molecular complexity index is 1460. The van der Waals surface area contributed by atoms with Gasteiger partial charge in [0, 0.05) is 40.9 Å². The molecule has 0 bridgehead atoms. The van der Waals surface area contributed by atoms with Crippen molar-refractivity contribution in [2.24, 2.45) is 0 Å². The van der Waals surface area contributed by atoms with Crippen molar-refractivity contribution < 1.29 is 0 Å². The van der Waals surface area contributed by atoms with Crippen molar-refractivity contribution in [3.8, 4) is 22.5 Å². The van der Waals surface area contributed by atoms with Gasteiger partial charge in [-0.05, 0) is 39.1 Å². The molecular weight excluding hydrogens is 408 g/mol. The molecule has 1 saturated carbocycles. The largest absolute Gasteiger partial charge is 0.382 e. The van der Waals surface area contributed by atoms with Crippen molar-refractivity contribution in [2.75, 3.05) is 19.8 Å². The molecule has 3 heterocycles. The van der Waals surface area contributed by atoms with Crippen molar-refractivity contribution >= 4 is 22.2 Å². The summed E-state index contributed by atoms with van der Waals surface area (Å²) in [5.74, 6) is 1.99. The minimum atomic E-state index is 0.420. The summed E-state index contributed by atoms with van der Waals surface area (Å²) in [6.07, 6.45) is 5.95. The molecule has 2 N–H and O–H groups in total. The number of aromatic nitrogens is 4. The zero-order valence-electron chi connectivity index (χ0n) is 18.8. The maximum atomic E-state index is 6.36. The van der Waals surface area contributed by atoms with Gasteiger partial charge in [-0.2, -0.15) is 0 Å². The van der Waals surface area contributed by atoms with Gasteiger partial charge >= 0.3 is 0 Å². The Hall–Kier alpha value is -3.77. The molecule has 0 aliphatic heterocycles. The number of fused-ring (bicyclic) bond motifs is 2. The average Bonchev–Trinajstić information content (AvgIpc) is 3.18. The number of pyridine rings is 1. The van der Waals surface area contributed by atoms with Crippen molar-refractivity contribution in [2.45, 2.75) is 24.8 Å². The van der Waals surface area contributed by atoms with Crippen LogP contribution in [0.15, 0.2) is 73.1 Å². The molecule has 5 aromatic rings. The molecule has 3 aromatic heterocycles. The number of anilines is 1. The van der Waals surface area contributed by atoms with Crippen LogP contribution >= 0.6 is 0 Å². The third-order valence-electron chi connectivity index (χ3n) is 6.85. The Balaban J connectivity index is 1.47. The van der Waals surface area contributed by atoms with E-state index < -0.39 is 0 Å². The SMILES string of the molecule is CN(C)C1CC(c2nc(-c3ccc4ccc(-c5ccccc5)nc4c3)c3c(N)nccn23)C1. The number of nitrogens with two attached hydrogens (primary N) is 1. The van der Waals surface area contributed by atoms with E-state index in [2.05, 4.69) is 70.8 Å². The molecule has 0 spiro atoms. The molecule has 1 fully saturated rings. The van der Waals surface area contributed by atoms with Gasteiger partial charge in [-0.25, -0.2) is 15.0 Å². The Kier molecular flexibility index (Phi) is 4.62. The second-order valence-corrected chi connectivity index (χ2v) is 9.11. The van der Waals surface area contributed by atoms with Gasteiger partial charge in [0.25, 0.3) is 0 Å². The van der Waals surface area contributed by atoms with Crippen LogP contribution in [0, 0.1) is 0 Å². The van der Waals surface area contributed by atoms with Crippen molar-refractivity contribution in [3.63, 3.8) is 0 Å². The van der Waals surface area contributed by atoms with E-state index >= 15 is 0 Å². The van der Waals surface area contributed by atoms with Crippen LogP contribution < -0.4 is 5.73 Å². The van der Waals surface area contributed by atoms with E-state index in [9.17, 15) is 0 Å². The number of nitrogen functional groups attached to an aromatic ring is 1. The summed E-state index contributed by atoms with van der Waals surface area (Å²) >= 11 is 0. The quantitative estimate of drug-likeness (QED) is 0.431. The molecule has 33 heavy (non-hydrogen) atoms. The summed E-state index contributed by atoms with van der Waals surface area (Å²) in [5, 5.41) is 1.10. The first-order chi connectivity index (χ1) is 16.1. The molecule has 0 unspecified atom stereocenters. The molecule has 1 aliphatic rings. The van der Waals surface area contributed by atoms with Gasteiger partial charge in [0.15, 0.2) is 0 Å². The van der Waals surface area contributed by atoms with E-state index in [-0.39, 0.29) is 0 Å². The summed E-state index contributed by atoms with van der Waals surface area (Å²) in [7, 11) is 4.29. The molecule has 0 saturated heterocycles. The maximum Gasteiger partial charge on any atom is 0.150 e. The van der Waals surface area contributed by atoms with Crippen LogP contribution in [0.3, 0.4) is 0 Å². The minimum Gasteiger partial charge on any atom is -0.382 e. The summed E-state index contributed by atoms with van der Waals surface area (Å²) in [6, 6.07) is 21.4. The number of nitrogens with zero attached hydrogens (tertiary/aromatic N) is 5. The van der Waals surface area contributed by atoms with Crippen molar-refractivity contribution in [1.29, 1.82) is 0 Å². The number of hydrogen-bond acceptors (Lipinski definition) is 5. The number of imidazole rings is 1. The van der Waals surface area contributed by atoms with Gasteiger partial charge in [0.2, 0.25) is 0 Å². The van der Waals surface area contributed by atoms with E-state index in [4.69, 9.17) is 15.7 Å². The highest BCUT2D eigenvalue weighted by atomic mass is 15.1. The topological polar surface area (TPSA) is 72.3 Å². The van der Waals surface area contributed by atoms with Crippen LogP contribution in [0.1, 0.15) is 24.6 Å². The highest BCUT2D eigenvalue weighted by Crippen LogP contribution is 2.41. The van der Waals surface area contributed by atoms with Gasteiger partial charge in [-0.3, -0.25) is 4.40 Å². The lowest BCUT2D eigenvalue weighted by molar-refractivity contribution is 0.161. The maximum absolute atomic E-state index is 6.36. The standard InChI is InChI=1S/C27H26N6/c1-32(2)21-14-20(15-21)27-31-24(25-26(28)29-12-13-33(25)27)19-9-8-18-10-11-22(30-23(18)16-19)17-6-4-3-5-7-17/h3-13,16,20-21H,14-15H2,1-2H3,(H2,28,29). The number of rotatable bonds is 4. The van der Waals surface area contributed by atoms with Gasteiger partial charge < -0.3 is 10.6 Å². The fourth-order valence-corrected chi connectivity index (χ4v) is 4.83. The van der Waals surface area contributed by atoms with Crippen molar-refractivity contribution in [1.82, 2.24) is 24.3 Å². The van der Waals surface area contributed by atoms with E-state index in [1.54, 1.807) is 6.20 Å². The molecule has 6 heteroatoms. The highest BCUT2D eigenvalue weighted by molar-refractivity contribution is 5.91. The van der Waals surface area contributed by atoms with Crippen LogP contribution in [0.4, 0.5) is 5.82 Å². The first kappa shape index (κ1) is 19.9. The lowest BCUT2D eigenvalue weighted by Crippen LogP contribution is -2.39. The van der Waals surface area contributed by atoms with Crippen LogP contribution in [-0.2, 0) is 0 Å². The predicted molar refractivity (Wildman–Crippen MR) is 133 cm³/mol. The van der Waals surface area contributed by atoms with Crippen LogP contribution in [0.25, 0.3) is 38.9 Å². The molecular formula is C27H26N6. The number of benzene rings is 2. The zero-order valence-corrected chi connectivity index (χ0v) is 18.8. The summed E-state index contributed by atoms with van der Waals surface area (Å²) < 4.78 is 2.13. The average molecular weight is 435 g/mol. The number of hydrogen-bond donors (Lipinski definition) is 1. The van der Waals surface area contributed by atoms with Gasteiger partial charge in [-0.1, -0.05) is 48.5 Å². The smallest absolute Gasteiger partial charge is 0.150 e. The normalized spacial score (nSPS) is 18.2. The molecule has 2 aromatic carbocycles. The first-order valence-electron chi connectivity index (χ1n) is 11.3. The molecule has 0 amide bonds. The van der Waals surface area contributed by atoms with E-state index in [0.29, 0.717) is 17.8 Å². The van der Waals surface area contributed by atoms with Gasteiger partial charge in [0.05, 0.1) is 11.2 Å². The van der Waals surface area contributed by atoms with E-state index in [1.165, 1.54) is 0 Å². The van der Waals surface area contributed by atoms with Gasteiger partial charge in [-0.15, -0.1) is 0 Å². The van der Waals surface area contributed by atoms with E-state index in [1.807, 2.05) is 24.4 Å². The fourth-order valence-electron chi connectivity index (χ4n) is 4.83. The lowest BCUT2D eigenvalue weighted by Gasteiger charge is -2.38.